The van der Waals surface area contributed by atoms with E-state index in [1.54, 1.807) is 11.7 Å². The first-order valence-electron chi connectivity index (χ1n) is 4.53. The second-order valence-electron chi connectivity index (χ2n) is 3.06. The van der Waals surface area contributed by atoms with E-state index in [-0.39, 0.29) is 0 Å². The van der Waals surface area contributed by atoms with Crippen molar-refractivity contribution in [2.45, 2.75) is 13.1 Å². The molecular formula is C7H12N8. The molecule has 0 aliphatic carbocycles. The minimum atomic E-state index is 0.491. The lowest BCUT2D eigenvalue weighted by Gasteiger charge is -2.01. The van der Waals surface area contributed by atoms with Crippen LogP contribution in [0, 0.1) is 0 Å². The lowest BCUT2D eigenvalue weighted by Crippen LogP contribution is -2.14. The molecule has 2 heterocycles. The molecule has 0 radical (unpaired) electrons. The Labute approximate surface area is 86.3 Å². The summed E-state index contributed by atoms with van der Waals surface area (Å²) in [4.78, 5) is 5.54. The number of hydrogen-bond donors (Lipinski definition) is 1. The summed E-state index contributed by atoms with van der Waals surface area (Å²) in [5, 5.41) is 18.8. The highest BCUT2D eigenvalue weighted by molar-refractivity contribution is 4.88. The normalized spacial score (nSPS) is 10.8. The Bertz CT molecular complexity index is 430. The third-order valence-electron chi connectivity index (χ3n) is 1.87. The first-order valence-corrected chi connectivity index (χ1v) is 4.53. The maximum atomic E-state index is 4.12. The Balaban J connectivity index is 2.13. The molecule has 2 aromatic rings. The fourth-order valence-electron chi connectivity index (χ4n) is 1.24. The first kappa shape index (κ1) is 9.71. The van der Waals surface area contributed by atoms with Crippen molar-refractivity contribution in [2.75, 3.05) is 7.05 Å². The minimum Gasteiger partial charge on any atom is -0.313 e. The van der Waals surface area contributed by atoms with Gasteiger partial charge in [0.1, 0.15) is 18.7 Å². The van der Waals surface area contributed by atoms with E-state index >= 15 is 0 Å². The van der Waals surface area contributed by atoms with Gasteiger partial charge in [0.05, 0.1) is 13.6 Å². The van der Waals surface area contributed by atoms with E-state index in [2.05, 4.69) is 30.8 Å². The van der Waals surface area contributed by atoms with E-state index in [1.807, 2.05) is 7.05 Å². The molecule has 0 amide bonds. The van der Waals surface area contributed by atoms with Gasteiger partial charge in [0.2, 0.25) is 0 Å². The Morgan fingerprint density at radius 1 is 1.47 bits per heavy atom. The SMILES string of the molecule is CNCc1ncnn1Cc1nnn(C)n1. The highest BCUT2D eigenvalue weighted by atomic mass is 15.6. The van der Waals surface area contributed by atoms with Gasteiger partial charge in [-0.05, 0) is 12.3 Å². The van der Waals surface area contributed by atoms with Crippen LogP contribution in [0.3, 0.4) is 0 Å². The average Bonchev–Trinajstić information content (AvgIpc) is 2.78. The Hall–Kier alpha value is -1.83. The molecule has 1 N–H and O–H groups in total. The van der Waals surface area contributed by atoms with Crippen molar-refractivity contribution in [3.63, 3.8) is 0 Å². The van der Waals surface area contributed by atoms with Gasteiger partial charge in [-0.1, -0.05) is 0 Å². The van der Waals surface area contributed by atoms with Crippen LogP contribution >= 0.6 is 0 Å². The monoisotopic (exact) mass is 208 g/mol. The largest absolute Gasteiger partial charge is 0.313 e. The summed E-state index contributed by atoms with van der Waals surface area (Å²) in [6.07, 6.45) is 1.52. The fraction of sp³-hybridized carbons (Fsp3) is 0.571. The number of tetrazole rings is 1. The highest BCUT2D eigenvalue weighted by Crippen LogP contribution is 1.96. The van der Waals surface area contributed by atoms with Gasteiger partial charge in [-0.25, -0.2) is 9.67 Å². The zero-order valence-electron chi connectivity index (χ0n) is 8.62. The summed E-state index contributed by atoms with van der Waals surface area (Å²) < 4.78 is 1.74. The fourth-order valence-corrected chi connectivity index (χ4v) is 1.24. The molecule has 2 aromatic heterocycles. The summed E-state index contributed by atoms with van der Waals surface area (Å²) >= 11 is 0. The second kappa shape index (κ2) is 4.13. The molecule has 0 saturated carbocycles. The summed E-state index contributed by atoms with van der Waals surface area (Å²) in [5.41, 5.74) is 0. The summed E-state index contributed by atoms with van der Waals surface area (Å²) in [5.74, 6) is 1.48. The number of rotatable bonds is 4. The standard InChI is InChI=1S/C7H12N8/c1-8-3-7-9-5-10-15(7)4-6-11-13-14(2)12-6/h5,8H,3-4H2,1-2H3. The zero-order chi connectivity index (χ0) is 10.7. The van der Waals surface area contributed by atoms with Crippen LogP contribution < -0.4 is 5.32 Å². The molecule has 8 nitrogen and oxygen atoms in total. The smallest absolute Gasteiger partial charge is 0.196 e. The van der Waals surface area contributed by atoms with Crippen LogP contribution in [0.15, 0.2) is 6.33 Å². The Morgan fingerprint density at radius 2 is 2.33 bits per heavy atom. The molecular weight excluding hydrogens is 196 g/mol. The van der Waals surface area contributed by atoms with E-state index in [0.717, 1.165) is 5.82 Å². The van der Waals surface area contributed by atoms with E-state index in [9.17, 15) is 0 Å². The molecule has 0 fully saturated rings. The van der Waals surface area contributed by atoms with Crippen LogP contribution in [0.5, 0.6) is 0 Å². The molecule has 0 atom stereocenters. The lowest BCUT2D eigenvalue weighted by molar-refractivity contribution is 0.587. The molecule has 0 bridgehead atoms. The third-order valence-corrected chi connectivity index (χ3v) is 1.87. The van der Waals surface area contributed by atoms with Crippen molar-refractivity contribution >= 4 is 0 Å². The van der Waals surface area contributed by atoms with Crippen LogP contribution in [0.4, 0.5) is 0 Å². The van der Waals surface area contributed by atoms with Gasteiger partial charge < -0.3 is 5.32 Å². The first-order chi connectivity index (χ1) is 7.29. The van der Waals surface area contributed by atoms with Crippen molar-refractivity contribution in [1.29, 1.82) is 0 Å². The molecule has 80 valence electrons. The maximum absolute atomic E-state index is 4.12. The number of hydrogen-bond acceptors (Lipinski definition) is 6. The highest BCUT2D eigenvalue weighted by Gasteiger charge is 2.07. The van der Waals surface area contributed by atoms with Crippen LogP contribution in [-0.4, -0.2) is 42.0 Å². The Kier molecular flexibility index (Phi) is 2.68. The van der Waals surface area contributed by atoms with Crippen LogP contribution in [0.1, 0.15) is 11.6 Å². The molecule has 0 unspecified atom stereocenters. The summed E-state index contributed by atoms with van der Waals surface area (Å²) in [7, 11) is 3.59. The van der Waals surface area contributed by atoms with Crippen molar-refractivity contribution in [2.24, 2.45) is 7.05 Å². The van der Waals surface area contributed by atoms with Crippen molar-refractivity contribution < 1.29 is 0 Å². The lowest BCUT2D eigenvalue weighted by atomic mass is 10.5. The van der Waals surface area contributed by atoms with Crippen molar-refractivity contribution in [3.05, 3.63) is 18.0 Å². The molecule has 0 aliphatic rings. The van der Waals surface area contributed by atoms with Crippen molar-refractivity contribution in [3.8, 4) is 0 Å². The molecule has 0 aromatic carbocycles. The van der Waals surface area contributed by atoms with E-state index in [4.69, 9.17) is 0 Å². The average molecular weight is 208 g/mol. The van der Waals surface area contributed by atoms with Gasteiger partial charge in [0.15, 0.2) is 5.82 Å². The maximum Gasteiger partial charge on any atom is 0.196 e. The molecule has 0 aliphatic heterocycles. The van der Waals surface area contributed by atoms with Gasteiger partial charge in [0.25, 0.3) is 0 Å². The molecule has 0 saturated heterocycles. The van der Waals surface area contributed by atoms with Crippen LogP contribution in [0.25, 0.3) is 0 Å². The van der Waals surface area contributed by atoms with Gasteiger partial charge in [0, 0.05) is 0 Å². The molecule has 15 heavy (non-hydrogen) atoms. The number of nitrogens with one attached hydrogen (secondary N) is 1. The predicted octanol–water partition coefficient (Wildman–Crippen LogP) is -1.43. The quantitative estimate of drug-likeness (QED) is 0.663. The van der Waals surface area contributed by atoms with Crippen LogP contribution in [0.2, 0.25) is 0 Å². The van der Waals surface area contributed by atoms with Crippen LogP contribution in [-0.2, 0) is 20.1 Å². The van der Waals surface area contributed by atoms with Gasteiger partial charge in [-0.2, -0.15) is 9.90 Å². The summed E-state index contributed by atoms with van der Waals surface area (Å²) in [6.45, 7) is 1.16. The molecule has 0 spiro atoms. The Morgan fingerprint density at radius 3 is 3.00 bits per heavy atom. The number of nitrogens with zero attached hydrogens (tertiary/aromatic N) is 7. The van der Waals surface area contributed by atoms with Gasteiger partial charge >= 0.3 is 0 Å². The van der Waals surface area contributed by atoms with Gasteiger partial charge in [-0.15, -0.1) is 10.2 Å². The van der Waals surface area contributed by atoms with E-state index in [0.29, 0.717) is 18.9 Å². The van der Waals surface area contributed by atoms with Gasteiger partial charge in [-0.3, -0.25) is 0 Å². The second-order valence-corrected chi connectivity index (χ2v) is 3.06. The van der Waals surface area contributed by atoms with E-state index in [1.165, 1.54) is 11.1 Å². The number of aromatic nitrogens is 7. The molecule has 8 heteroatoms. The minimum absolute atomic E-state index is 0.491. The number of aryl methyl sites for hydroxylation is 1. The topological polar surface area (TPSA) is 86.3 Å². The third kappa shape index (κ3) is 2.15. The molecule has 2 rings (SSSR count). The zero-order valence-corrected chi connectivity index (χ0v) is 8.62. The van der Waals surface area contributed by atoms with Crippen molar-refractivity contribution in [1.82, 2.24) is 40.3 Å². The summed E-state index contributed by atoms with van der Waals surface area (Å²) in [6, 6.07) is 0. The predicted molar refractivity (Wildman–Crippen MR) is 50.7 cm³/mol. The van der Waals surface area contributed by atoms with E-state index < -0.39 is 0 Å².